The molecule has 3 aromatic rings. The van der Waals surface area contributed by atoms with Crippen molar-refractivity contribution in [1.82, 2.24) is 4.98 Å². The average Bonchev–Trinajstić information content (AvgIpc) is 2.61. The number of nitrogens with two attached hydrogens (primary N) is 2. The molecule has 0 spiro atoms. The normalized spacial score (nSPS) is 13.2. The third kappa shape index (κ3) is 3.89. The lowest BCUT2D eigenvalue weighted by molar-refractivity contribution is -0.399. The minimum atomic E-state index is -3.49. The molecule has 5 N–H and O–H groups in total. The summed E-state index contributed by atoms with van der Waals surface area (Å²) in [5, 5.41) is 0.516. The van der Waals surface area contributed by atoms with Gasteiger partial charge in [-0.25, -0.2) is 9.37 Å². The van der Waals surface area contributed by atoms with Crippen molar-refractivity contribution in [2.45, 2.75) is 12.8 Å². The highest BCUT2D eigenvalue weighted by atomic mass is 19.3. The Labute approximate surface area is 153 Å². The first kappa shape index (κ1) is 18.4. The van der Waals surface area contributed by atoms with Gasteiger partial charge in [-0.3, -0.25) is 0 Å². The zero-order chi connectivity index (χ0) is 19.6. The van der Waals surface area contributed by atoms with Crippen LogP contribution in [0.15, 0.2) is 65.3 Å². The van der Waals surface area contributed by atoms with Crippen molar-refractivity contribution in [3.05, 3.63) is 77.5 Å². The number of para-hydroxylation sites is 1. The van der Waals surface area contributed by atoms with Crippen LogP contribution in [-0.2, 0) is 5.92 Å². The molecule has 0 fully saturated rings. The van der Waals surface area contributed by atoms with Crippen LogP contribution in [0.1, 0.15) is 18.3 Å². The molecule has 0 aliphatic carbocycles. The van der Waals surface area contributed by atoms with Crippen LogP contribution in [-0.4, -0.2) is 10.8 Å². The molecule has 27 heavy (non-hydrogen) atoms. The number of alkyl halides is 2. The summed E-state index contributed by atoms with van der Waals surface area (Å²) in [6.45, 7) is 1.63. The van der Waals surface area contributed by atoms with Crippen molar-refractivity contribution in [3.63, 3.8) is 0 Å². The highest BCUT2D eigenvalue weighted by molar-refractivity contribution is 5.96. The molecular weight excluding hydrogens is 355 g/mol. The van der Waals surface area contributed by atoms with Gasteiger partial charge in [0.2, 0.25) is 5.84 Å². The predicted molar refractivity (Wildman–Crippen MR) is 96.9 cm³/mol. The van der Waals surface area contributed by atoms with Crippen molar-refractivity contribution in [2.24, 2.45) is 16.5 Å². The maximum Gasteiger partial charge on any atom is 0.359 e. The van der Waals surface area contributed by atoms with E-state index < -0.39 is 23.1 Å². The molecule has 0 amide bonds. The van der Waals surface area contributed by atoms with E-state index in [1.165, 1.54) is 6.08 Å². The van der Waals surface area contributed by atoms with Crippen LogP contribution in [0.4, 0.5) is 19.0 Å². The highest BCUT2D eigenvalue weighted by Gasteiger charge is 2.42. The van der Waals surface area contributed by atoms with Gasteiger partial charge in [0.1, 0.15) is 5.82 Å². The summed E-state index contributed by atoms with van der Waals surface area (Å²) in [7, 11) is 0. The first-order valence-electron chi connectivity index (χ1n) is 8.01. The SMILES string of the molecule is C/C(N)=C/C(N)=Nc1[nH+]c(C(F)(F)c2ccc(F)cc2)nc2ccccc12. The zero-order valence-electron chi connectivity index (χ0n) is 14.4. The predicted octanol–water partition coefficient (Wildman–Crippen LogP) is 3.18. The summed E-state index contributed by atoms with van der Waals surface area (Å²) in [6, 6.07) is 10.6. The fourth-order valence-electron chi connectivity index (χ4n) is 2.53. The Hall–Kier alpha value is -3.42. The van der Waals surface area contributed by atoms with Crippen molar-refractivity contribution >= 4 is 22.6 Å². The number of halogens is 3. The van der Waals surface area contributed by atoms with E-state index in [1.54, 1.807) is 31.2 Å². The molecule has 0 aliphatic rings. The highest BCUT2D eigenvalue weighted by Crippen LogP contribution is 2.34. The molecule has 0 aliphatic heterocycles. The molecule has 0 bridgehead atoms. The first-order chi connectivity index (χ1) is 12.8. The number of H-pyrrole nitrogens is 1. The van der Waals surface area contributed by atoms with Gasteiger partial charge in [0.25, 0.3) is 5.82 Å². The summed E-state index contributed by atoms with van der Waals surface area (Å²) < 4.78 is 43.0. The Bertz CT molecular complexity index is 1040. The lowest BCUT2D eigenvalue weighted by Gasteiger charge is -2.13. The molecule has 0 saturated heterocycles. The van der Waals surface area contributed by atoms with E-state index in [9.17, 15) is 13.2 Å². The van der Waals surface area contributed by atoms with Gasteiger partial charge < -0.3 is 11.5 Å². The maximum absolute atomic E-state index is 14.9. The van der Waals surface area contributed by atoms with Crippen molar-refractivity contribution < 1.29 is 18.2 Å². The fourth-order valence-corrected chi connectivity index (χ4v) is 2.53. The van der Waals surface area contributed by atoms with Gasteiger partial charge in [-0.2, -0.15) is 8.78 Å². The molecule has 3 rings (SSSR count). The summed E-state index contributed by atoms with van der Waals surface area (Å²) in [6.07, 6.45) is 1.42. The number of nitrogens with zero attached hydrogens (tertiary/aromatic N) is 2. The van der Waals surface area contributed by atoms with E-state index in [0.717, 1.165) is 24.3 Å². The fraction of sp³-hybridized carbons (Fsp3) is 0.105. The molecule has 1 heterocycles. The molecule has 0 radical (unpaired) electrons. The van der Waals surface area contributed by atoms with Crippen LogP contribution in [0.5, 0.6) is 0 Å². The number of hydrogen-bond donors (Lipinski definition) is 2. The van der Waals surface area contributed by atoms with Crippen molar-refractivity contribution in [3.8, 4) is 0 Å². The van der Waals surface area contributed by atoms with E-state index >= 15 is 0 Å². The number of benzene rings is 2. The summed E-state index contributed by atoms with van der Waals surface area (Å²) in [4.78, 5) is 10.7. The summed E-state index contributed by atoms with van der Waals surface area (Å²) in [5.41, 5.74) is 11.7. The second-order valence-electron chi connectivity index (χ2n) is 5.96. The van der Waals surface area contributed by atoms with Gasteiger partial charge in [-0.05, 0) is 43.3 Å². The van der Waals surface area contributed by atoms with Gasteiger partial charge in [0, 0.05) is 17.3 Å². The number of fused-ring (bicyclic) bond motifs is 1. The van der Waals surface area contributed by atoms with Crippen molar-refractivity contribution in [1.29, 1.82) is 0 Å². The maximum atomic E-state index is 14.9. The number of nitrogens with one attached hydrogen (secondary N) is 1. The number of amidine groups is 1. The Morgan fingerprint density at radius 3 is 2.44 bits per heavy atom. The molecule has 1 aromatic heterocycles. The van der Waals surface area contributed by atoms with Crippen LogP contribution in [0.25, 0.3) is 10.9 Å². The topological polar surface area (TPSA) is 91.4 Å². The Morgan fingerprint density at radius 2 is 1.78 bits per heavy atom. The number of aromatic amines is 1. The van der Waals surface area contributed by atoms with Crippen LogP contribution in [0.3, 0.4) is 0 Å². The molecular formula is C19H17F3N5+. The van der Waals surface area contributed by atoms with Crippen LogP contribution in [0, 0.1) is 5.82 Å². The van der Waals surface area contributed by atoms with Gasteiger partial charge in [-0.15, -0.1) is 4.98 Å². The average molecular weight is 372 g/mol. The number of allylic oxidation sites excluding steroid dienone is 1. The van der Waals surface area contributed by atoms with Gasteiger partial charge in [0.05, 0.1) is 5.39 Å². The molecule has 2 aromatic carbocycles. The van der Waals surface area contributed by atoms with E-state index in [-0.39, 0.29) is 11.7 Å². The monoisotopic (exact) mass is 372 g/mol. The summed E-state index contributed by atoms with van der Waals surface area (Å²) in [5.74, 6) is -4.55. The number of hydrogen-bond acceptors (Lipinski definition) is 3. The number of aliphatic imine (C=N–C) groups is 1. The quantitative estimate of drug-likeness (QED) is 0.544. The van der Waals surface area contributed by atoms with Gasteiger partial charge in [0.15, 0.2) is 5.52 Å². The Kier molecular flexibility index (Phi) is 4.81. The van der Waals surface area contributed by atoms with Gasteiger partial charge in [-0.1, -0.05) is 17.1 Å². The van der Waals surface area contributed by atoms with Gasteiger partial charge >= 0.3 is 11.7 Å². The largest absolute Gasteiger partial charge is 0.402 e. The molecule has 5 nitrogen and oxygen atoms in total. The minimum Gasteiger partial charge on any atom is -0.402 e. The Balaban J connectivity index is 2.20. The molecule has 138 valence electrons. The van der Waals surface area contributed by atoms with E-state index in [2.05, 4.69) is 15.0 Å². The van der Waals surface area contributed by atoms with E-state index in [0.29, 0.717) is 16.6 Å². The molecule has 0 saturated carbocycles. The second kappa shape index (κ2) is 7.06. The molecule has 0 unspecified atom stereocenters. The first-order valence-corrected chi connectivity index (χ1v) is 8.01. The lowest BCUT2D eigenvalue weighted by atomic mass is 10.1. The third-order valence-electron chi connectivity index (χ3n) is 3.75. The van der Waals surface area contributed by atoms with Crippen LogP contribution in [0.2, 0.25) is 0 Å². The number of rotatable bonds is 4. The van der Waals surface area contributed by atoms with Crippen LogP contribution >= 0.6 is 0 Å². The summed E-state index contributed by atoms with van der Waals surface area (Å²) >= 11 is 0. The van der Waals surface area contributed by atoms with Crippen LogP contribution < -0.4 is 16.5 Å². The zero-order valence-corrected chi connectivity index (χ0v) is 14.4. The molecule has 0 atom stereocenters. The number of aromatic nitrogens is 2. The standard InChI is InChI=1S/C19H16F3N5/c1-11(23)10-16(24)26-17-14-4-2-3-5-15(14)25-18(27-17)19(21,22)12-6-8-13(20)9-7-12/h2-10H,23H2,1H3,(H2,24,25,26,27)/p+1/b11-10-. The second-order valence-corrected chi connectivity index (χ2v) is 5.96. The van der Waals surface area contributed by atoms with E-state index in [4.69, 9.17) is 11.5 Å². The molecule has 8 heteroatoms. The third-order valence-corrected chi connectivity index (χ3v) is 3.75. The van der Waals surface area contributed by atoms with Crippen molar-refractivity contribution in [2.75, 3.05) is 0 Å². The minimum absolute atomic E-state index is 0.0543. The lowest BCUT2D eigenvalue weighted by Crippen LogP contribution is -2.29. The van der Waals surface area contributed by atoms with E-state index in [1.807, 2.05) is 0 Å². The smallest absolute Gasteiger partial charge is 0.359 e. The Morgan fingerprint density at radius 1 is 1.11 bits per heavy atom.